The van der Waals surface area contributed by atoms with E-state index in [1.807, 2.05) is 13.8 Å². The van der Waals surface area contributed by atoms with Crippen LogP contribution < -0.4 is 0 Å². The summed E-state index contributed by atoms with van der Waals surface area (Å²) in [5.41, 5.74) is 0. The van der Waals surface area contributed by atoms with Crippen LogP contribution in [0.1, 0.15) is 20.3 Å². The molecule has 0 aromatic carbocycles. The lowest BCUT2D eigenvalue weighted by Gasteiger charge is -2.36. The summed E-state index contributed by atoms with van der Waals surface area (Å²) in [5.74, 6) is 1.10. The van der Waals surface area contributed by atoms with Gasteiger partial charge in [0.2, 0.25) is 0 Å². The molecule has 1 aliphatic carbocycles. The third-order valence-electron chi connectivity index (χ3n) is 5.14. The molecule has 2 bridgehead atoms. The second-order valence-electron chi connectivity index (χ2n) is 5.86. The average molecular weight is 210 g/mol. The van der Waals surface area contributed by atoms with Gasteiger partial charge in [0.05, 0.1) is 0 Å². The van der Waals surface area contributed by atoms with Crippen molar-refractivity contribution in [2.75, 3.05) is 0 Å². The van der Waals surface area contributed by atoms with Gasteiger partial charge in [-0.2, -0.15) is 0 Å². The molecule has 4 saturated heterocycles. The van der Waals surface area contributed by atoms with Crippen LogP contribution in [-0.2, 0) is 18.9 Å². The van der Waals surface area contributed by atoms with E-state index in [2.05, 4.69) is 0 Å². The van der Waals surface area contributed by atoms with Gasteiger partial charge in [0, 0.05) is 23.7 Å². The van der Waals surface area contributed by atoms with Crippen molar-refractivity contribution in [3.63, 3.8) is 0 Å². The molecule has 0 aromatic heterocycles. The highest BCUT2D eigenvalue weighted by Gasteiger charge is 2.80. The van der Waals surface area contributed by atoms with Gasteiger partial charge in [-0.1, -0.05) is 0 Å². The van der Waals surface area contributed by atoms with E-state index in [9.17, 15) is 0 Å². The van der Waals surface area contributed by atoms with Gasteiger partial charge in [-0.25, -0.2) is 0 Å². The molecule has 82 valence electrons. The average Bonchev–Trinajstić information content (AvgIpc) is 2.70. The quantitative estimate of drug-likeness (QED) is 0.599. The molecule has 1 saturated carbocycles. The Morgan fingerprint density at radius 1 is 0.933 bits per heavy atom. The van der Waals surface area contributed by atoms with Gasteiger partial charge < -0.3 is 18.9 Å². The summed E-state index contributed by atoms with van der Waals surface area (Å²) in [5, 5.41) is 0. The van der Waals surface area contributed by atoms with Crippen LogP contribution in [0.2, 0.25) is 0 Å². The Kier molecular flexibility index (Phi) is 1.00. The molecule has 0 N–H and O–H groups in total. The third kappa shape index (κ3) is 0.622. The molecule has 0 radical (unpaired) electrons. The van der Waals surface area contributed by atoms with Gasteiger partial charge in [0.25, 0.3) is 0 Å². The van der Waals surface area contributed by atoms with Crippen molar-refractivity contribution in [2.24, 2.45) is 23.7 Å². The predicted molar refractivity (Wildman–Crippen MR) is 47.3 cm³/mol. The zero-order valence-electron chi connectivity index (χ0n) is 8.80. The second-order valence-corrected chi connectivity index (χ2v) is 5.86. The third-order valence-corrected chi connectivity index (χ3v) is 5.14. The summed E-state index contributed by atoms with van der Waals surface area (Å²) >= 11 is 0. The molecule has 4 aliphatic heterocycles. The van der Waals surface area contributed by atoms with Crippen LogP contribution in [0.15, 0.2) is 0 Å². The molecular formula is C11H14O4. The van der Waals surface area contributed by atoms with Crippen LogP contribution in [0.4, 0.5) is 0 Å². The first-order chi connectivity index (χ1) is 7.11. The maximum atomic E-state index is 6.06. The number of rotatable bonds is 0. The first-order valence-electron chi connectivity index (χ1n) is 5.82. The Morgan fingerprint density at radius 3 is 2.00 bits per heavy atom. The van der Waals surface area contributed by atoms with E-state index in [4.69, 9.17) is 18.9 Å². The van der Waals surface area contributed by atoms with Crippen molar-refractivity contribution in [3.05, 3.63) is 0 Å². The Balaban J connectivity index is 1.80. The van der Waals surface area contributed by atoms with E-state index in [1.54, 1.807) is 0 Å². The second kappa shape index (κ2) is 1.88. The van der Waals surface area contributed by atoms with Crippen LogP contribution in [0.3, 0.4) is 0 Å². The van der Waals surface area contributed by atoms with E-state index in [-0.39, 0.29) is 12.6 Å². The topological polar surface area (TPSA) is 36.9 Å². The minimum Gasteiger partial charge on any atom is -0.323 e. The van der Waals surface area contributed by atoms with Crippen molar-refractivity contribution < 1.29 is 18.9 Å². The van der Waals surface area contributed by atoms with Crippen LogP contribution >= 0.6 is 0 Å². The van der Waals surface area contributed by atoms with Crippen molar-refractivity contribution in [3.8, 4) is 0 Å². The van der Waals surface area contributed by atoms with E-state index in [0.29, 0.717) is 23.7 Å². The molecular weight excluding hydrogens is 196 g/mol. The molecule has 4 nitrogen and oxygen atoms in total. The Bertz CT molecular complexity index is 340. The number of hydrogen-bond donors (Lipinski definition) is 0. The molecule has 5 rings (SSSR count). The lowest BCUT2D eigenvalue weighted by molar-refractivity contribution is -0.403. The van der Waals surface area contributed by atoms with Gasteiger partial charge in [-0.15, -0.1) is 0 Å². The maximum Gasteiger partial charge on any atom is 0.175 e. The smallest absolute Gasteiger partial charge is 0.175 e. The standard InChI is InChI=1S/C11H14O4/c1-10-6-4-3-5-7(6)11(2,15-10)14-9(5)12-8(4)13-10/h4-9H,3H2,1-2H3/t4?,5?,6?,7?,8-,9+,10+,11-. The molecule has 0 amide bonds. The van der Waals surface area contributed by atoms with Crippen LogP contribution in [0.5, 0.6) is 0 Å². The van der Waals surface area contributed by atoms with Crippen molar-refractivity contribution in [1.82, 2.24) is 0 Å². The lowest BCUT2D eigenvalue weighted by Crippen LogP contribution is -2.43. The number of hydrogen-bond acceptors (Lipinski definition) is 4. The SMILES string of the molecule is C[C@]12O[C@H]3O[C@H]4O[C@](C)(O1)C1C4CC3C12. The van der Waals surface area contributed by atoms with Gasteiger partial charge in [0.15, 0.2) is 24.2 Å². The predicted octanol–water partition coefficient (Wildman–Crippen LogP) is 1.06. The molecule has 4 unspecified atom stereocenters. The zero-order chi connectivity index (χ0) is 10.00. The van der Waals surface area contributed by atoms with E-state index < -0.39 is 11.6 Å². The highest BCUT2D eigenvalue weighted by atomic mass is 16.9. The minimum atomic E-state index is -0.463. The molecule has 0 spiro atoms. The molecule has 4 heterocycles. The van der Waals surface area contributed by atoms with E-state index in [1.165, 1.54) is 6.42 Å². The summed E-state index contributed by atoms with van der Waals surface area (Å²) in [6, 6.07) is 0. The fourth-order valence-corrected chi connectivity index (χ4v) is 4.90. The summed E-state index contributed by atoms with van der Waals surface area (Å²) in [7, 11) is 0. The molecule has 8 atom stereocenters. The first-order valence-corrected chi connectivity index (χ1v) is 5.82. The largest absolute Gasteiger partial charge is 0.323 e. The van der Waals surface area contributed by atoms with Crippen molar-refractivity contribution in [1.29, 1.82) is 0 Å². The maximum absolute atomic E-state index is 6.06. The van der Waals surface area contributed by atoms with E-state index in [0.717, 1.165) is 0 Å². The monoisotopic (exact) mass is 210 g/mol. The highest BCUT2D eigenvalue weighted by molar-refractivity contribution is 5.16. The minimum absolute atomic E-state index is 0.0869. The van der Waals surface area contributed by atoms with Crippen molar-refractivity contribution in [2.45, 2.75) is 44.4 Å². The molecule has 5 fully saturated rings. The molecule has 5 aliphatic rings. The first kappa shape index (κ1) is 8.01. The van der Waals surface area contributed by atoms with E-state index >= 15 is 0 Å². The molecule has 4 heteroatoms. The number of ether oxygens (including phenoxy) is 4. The summed E-state index contributed by atoms with van der Waals surface area (Å²) < 4.78 is 23.8. The van der Waals surface area contributed by atoms with Crippen LogP contribution in [0.25, 0.3) is 0 Å². The summed E-state index contributed by atoms with van der Waals surface area (Å²) in [6.07, 6.45) is 1.02. The van der Waals surface area contributed by atoms with Gasteiger partial charge in [-0.05, 0) is 20.3 Å². The zero-order valence-corrected chi connectivity index (χ0v) is 8.80. The normalized spacial score (nSPS) is 77.2. The van der Waals surface area contributed by atoms with Gasteiger partial charge in [-0.3, -0.25) is 0 Å². The summed E-state index contributed by atoms with van der Waals surface area (Å²) in [6.45, 7) is 4.09. The highest BCUT2D eigenvalue weighted by Crippen LogP contribution is 2.71. The Hall–Kier alpha value is -0.160. The Labute approximate surface area is 87.8 Å². The fourth-order valence-electron chi connectivity index (χ4n) is 4.90. The lowest BCUT2D eigenvalue weighted by atomic mass is 9.83. The van der Waals surface area contributed by atoms with Gasteiger partial charge in [0.1, 0.15) is 0 Å². The van der Waals surface area contributed by atoms with Crippen LogP contribution in [0, 0.1) is 23.7 Å². The van der Waals surface area contributed by atoms with Crippen LogP contribution in [-0.4, -0.2) is 24.2 Å². The molecule has 0 aromatic rings. The summed E-state index contributed by atoms with van der Waals surface area (Å²) in [4.78, 5) is 0. The van der Waals surface area contributed by atoms with Gasteiger partial charge >= 0.3 is 0 Å². The fraction of sp³-hybridized carbons (Fsp3) is 1.00. The van der Waals surface area contributed by atoms with Crippen molar-refractivity contribution >= 4 is 0 Å². The molecule has 15 heavy (non-hydrogen) atoms. The Morgan fingerprint density at radius 2 is 1.47 bits per heavy atom.